The molecule has 0 saturated carbocycles. The van der Waals surface area contributed by atoms with Gasteiger partial charge in [0.15, 0.2) is 0 Å². The van der Waals surface area contributed by atoms with Gasteiger partial charge in [-0.3, -0.25) is 9.59 Å². The van der Waals surface area contributed by atoms with Gasteiger partial charge in [0.1, 0.15) is 0 Å². The number of hydrogen-bond donors (Lipinski definition) is 1. The second-order valence-electron chi connectivity index (χ2n) is 8.51. The Bertz CT molecular complexity index is 1370. The van der Waals surface area contributed by atoms with Crippen LogP contribution in [0.25, 0.3) is 0 Å². The van der Waals surface area contributed by atoms with Crippen molar-refractivity contribution in [2.75, 3.05) is 18.4 Å². The molecule has 0 aliphatic carbocycles. The number of benzene rings is 2. The number of anilines is 1. The molecule has 170 valence electrons. The first-order valence-corrected chi connectivity index (χ1v) is 12.9. The predicted molar refractivity (Wildman–Crippen MR) is 129 cm³/mol. The van der Waals surface area contributed by atoms with Gasteiger partial charge in [0, 0.05) is 53.0 Å². The Morgan fingerprint density at radius 3 is 2.39 bits per heavy atom. The highest BCUT2D eigenvalue weighted by Crippen LogP contribution is 2.37. The molecule has 3 aromatic rings. The number of fused-ring (bicyclic) bond motifs is 4. The summed E-state index contributed by atoms with van der Waals surface area (Å²) in [5.41, 5.74) is 1.91. The standard InChI is InChI=1S/C24H22BrN3O4S/c25-19-6-4-17(5-7-19)24(30)26-20-8-10-21(11-9-20)33(31,32)27-13-16-12-18(15-27)22-2-1-3-23(29)28(22)14-16/h1-11,16,18H,12-15H2,(H,26,30). The Kier molecular flexibility index (Phi) is 5.72. The summed E-state index contributed by atoms with van der Waals surface area (Å²) >= 11 is 3.34. The van der Waals surface area contributed by atoms with Crippen molar-refractivity contribution in [1.82, 2.24) is 8.87 Å². The van der Waals surface area contributed by atoms with Gasteiger partial charge < -0.3 is 9.88 Å². The number of nitrogens with zero attached hydrogens (tertiary/aromatic N) is 2. The SMILES string of the molecule is O=C(Nc1ccc(S(=O)(=O)N2CC3CC(C2)c2cccc(=O)n2C3)cc1)c1ccc(Br)cc1. The second-order valence-corrected chi connectivity index (χ2v) is 11.4. The van der Waals surface area contributed by atoms with Crippen LogP contribution in [-0.2, 0) is 16.6 Å². The van der Waals surface area contributed by atoms with Crippen molar-refractivity contribution in [3.63, 3.8) is 0 Å². The normalized spacial score (nSPS) is 20.2. The van der Waals surface area contributed by atoms with Crippen LogP contribution in [0.2, 0.25) is 0 Å². The van der Waals surface area contributed by atoms with E-state index in [1.54, 1.807) is 53.1 Å². The summed E-state index contributed by atoms with van der Waals surface area (Å²) < 4.78 is 30.9. The van der Waals surface area contributed by atoms with E-state index >= 15 is 0 Å². The van der Waals surface area contributed by atoms with Crippen molar-refractivity contribution in [3.8, 4) is 0 Å². The molecule has 3 heterocycles. The third-order valence-corrected chi connectivity index (χ3v) is 8.68. The lowest BCUT2D eigenvalue weighted by molar-refractivity contribution is 0.102. The zero-order valence-corrected chi connectivity index (χ0v) is 20.1. The molecule has 2 atom stereocenters. The maximum absolute atomic E-state index is 13.3. The van der Waals surface area contributed by atoms with E-state index in [4.69, 9.17) is 0 Å². The van der Waals surface area contributed by atoms with E-state index in [9.17, 15) is 18.0 Å². The lowest BCUT2D eigenvalue weighted by Gasteiger charge is -2.42. The molecular formula is C24H22BrN3O4S. The minimum atomic E-state index is -3.69. The van der Waals surface area contributed by atoms with Crippen molar-refractivity contribution in [1.29, 1.82) is 0 Å². The van der Waals surface area contributed by atoms with Crippen LogP contribution < -0.4 is 10.9 Å². The molecule has 1 amide bonds. The van der Waals surface area contributed by atoms with Gasteiger partial charge in [-0.15, -0.1) is 0 Å². The van der Waals surface area contributed by atoms with Crippen molar-refractivity contribution in [3.05, 3.63) is 92.8 Å². The number of carbonyl (C=O) groups excluding carboxylic acids is 1. The molecular weight excluding hydrogens is 506 g/mol. The van der Waals surface area contributed by atoms with Gasteiger partial charge in [-0.25, -0.2) is 8.42 Å². The van der Waals surface area contributed by atoms with E-state index in [0.717, 1.165) is 16.6 Å². The number of hydrogen-bond acceptors (Lipinski definition) is 4. The zero-order chi connectivity index (χ0) is 23.2. The summed E-state index contributed by atoms with van der Waals surface area (Å²) in [5.74, 6) is -0.155. The van der Waals surface area contributed by atoms with E-state index in [2.05, 4.69) is 21.2 Å². The van der Waals surface area contributed by atoms with Crippen LogP contribution in [-0.4, -0.2) is 36.3 Å². The van der Waals surface area contributed by atoms with Crippen LogP contribution in [0.15, 0.2) is 80.9 Å². The van der Waals surface area contributed by atoms with Crippen molar-refractivity contribution < 1.29 is 13.2 Å². The second kappa shape index (κ2) is 8.55. The number of pyridine rings is 1. The van der Waals surface area contributed by atoms with E-state index in [0.29, 0.717) is 30.9 Å². The highest BCUT2D eigenvalue weighted by atomic mass is 79.9. The van der Waals surface area contributed by atoms with E-state index in [1.165, 1.54) is 16.4 Å². The maximum Gasteiger partial charge on any atom is 0.255 e. The molecule has 2 bridgehead atoms. The van der Waals surface area contributed by atoms with Crippen LogP contribution in [0.5, 0.6) is 0 Å². The Labute approximate surface area is 200 Å². The number of amides is 1. The fourth-order valence-corrected chi connectivity index (χ4v) is 6.54. The molecule has 33 heavy (non-hydrogen) atoms. The largest absolute Gasteiger partial charge is 0.322 e. The maximum atomic E-state index is 13.3. The van der Waals surface area contributed by atoms with Crippen LogP contribution in [0.4, 0.5) is 5.69 Å². The first kappa shape index (κ1) is 22.1. The molecule has 0 radical (unpaired) electrons. The Balaban J connectivity index is 1.33. The van der Waals surface area contributed by atoms with E-state index in [-0.39, 0.29) is 28.2 Å². The average Bonchev–Trinajstić information content (AvgIpc) is 2.80. The summed E-state index contributed by atoms with van der Waals surface area (Å²) in [6.45, 7) is 1.28. The van der Waals surface area contributed by atoms with Gasteiger partial charge in [-0.2, -0.15) is 4.31 Å². The molecule has 1 fully saturated rings. The zero-order valence-electron chi connectivity index (χ0n) is 17.6. The van der Waals surface area contributed by atoms with E-state index in [1.807, 2.05) is 6.07 Å². The van der Waals surface area contributed by atoms with Crippen LogP contribution >= 0.6 is 15.9 Å². The number of nitrogens with one attached hydrogen (secondary N) is 1. The van der Waals surface area contributed by atoms with Gasteiger partial charge in [-0.05, 0) is 66.9 Å². The lowest BCUT2D eigenvalue weighted by atomic mass is 9.84. The molecule has 2 aromatic carbocycles. The minimum Gasteiger partial charge on any atom is -0.322 e. The number of halogens is 1. The fraction of sp³-hybridized carbons (Fsp3) is 0.250. The van der Waals surface area contributed by atoms with Crippen LogP contribution in [0.1, 0.15) is 28.4 Å². The monoisotopic (exact) mass is 527 g/mol. The summed E-state index contributed by atoms with van der Waals surface area (Å²) in [7, 11) is -3.69. The molecule has 9 heteroatoms. The molecule has 2 unspecified atom stereocenters. The smallest absolute Gasteiger partial charge is 0.255 e. The Morgan fingerprint density at radius 1 is 0.939 bits per heavy atom. The highest BCUT2D eigenvalue weighted by Gasteiger charge is 2.39. The molecule has 2 aliphatic heterocycles. The average molecular weight is 528 g/mol. The predicted octanol–water partition coefficient (Wildman–Crippen LogP) is 3.67. The molecule has 5 rings (SSSR count). The summed E-state index contributed by atoms with van der Waals surface area (Å²) in [6.07, 6.45) is 0.885. The summed E-state index contributed by atoms with van der Waals surface area (Å²) in [5, 5.41) is 2.79. The molecule has 7 nitrogen and oxygen atoms in total. The number of sulfonamides is 1. The molecule has 1 saturated heterocycles. The quantitative estimate of drug-likeness (QED) is 0.560. The molecule has 1 aromatic heterocycles. The van der Waals surface area contributed by atoms with Gasteiger partial charge in [0.2, 0.25) is 10.0 Å². The number of aromatic nitrogens is 1. The van der Waals surface area contributed by atoms with Crippen molar-refractivity contribution in [2.45, 2.75) is 23.8 Å². The third-order valence-electron chi connectivity index (χ3n) is 6.30. The number of rotatable bonds is 4. The summed E-state index contributed by atoms with van der Waals surface area (Å²) in [6, 6.07) is 18.4. The van der Waals surface area contributed by atoms with Crippen molar-refractivity contribution >= 4 is 37.5 Å². The summed E-state index contributed by atoms with van der Waals surface area (Å²) in [4.78, 5) is 24.8. The van der Waals surface area contributed by atoms with Gasteiger partial charge in [-0.1, -0.05) is 22.0 Å². The lowest BCUT2D eigenvalue weighted by Crippen LogP contribution is -2.48. The van der Waals surface area contributed by atoms with Crippen LogP contribution in [0, 0.1) is 5.92 Å². The minimum absolute atomic E-state index is 0.00523. The van der Waals surface area contributed by atoms with Crippen molar-refractivity contribution in [2.24, 2.45) is 5.92 Å². The first-order chi connectivity index (χ1) is 15.8. The first-order valence-electron chi connectivity index (χ1n) is 10.7. The topological polar surface area (TPSA) is 88.5 Å². The molecule has 1 N–H and O–H groups in total. The van der Waals surface area contributed by atoms with Crippen LogP contribution in [0.3, 0.4) is 0 Å². The van der Waals surface area contributed by atoms with Gasteiger partial charge >= 0.3 is 0 Å². The third kappa shape index (κ3) is 4.28. The number of piperidine rings is 1. The van der Waals surface area contributed by atoms with Gasteiger partial charge in [0.25, 0.3) is 11.5 Å². The Morgan fingerprint density at radius 2 is 1.67 bits per heavy atom. The number of carbonyl (C=O) groups is 1. The molecule has 2 aliphatic rings. The Hall–Kier alpha value is -2.75. The molecule has 0 spiro atoms. The van der Waals surface area contributed by atoms with E-state index < -0.39 is 10.0 Å². The highest BCUT2D eigenvalue weighted by molar-refractivity contribution is 9.10. The fourth-order valence-electron chi connectivity index (χ4n) is 4.71. The van der Waals surface area contributed by atoms with Gasteiger partial charge in [0.05, 0.1) is 4.90 Å².